The maximum absolute atomic E-state index is 5.39. The Kier molecular flexibility index (Phi) is 6.20. The van der Waals surface area contributed by atoms with Gasteiger partial charge in [-0.1, -0.05) is 33.1 Å². The molecule has 2 nitrogen and oxygen atoms in total. The molecule has 1 saturated heterocycles. The van der Waals surface area contributed by atoms with Gasteiger partial charge in [0.2, 0.25) is 0 Å². The van der Waals surface area contributed by atoms with Crippen LogP contribution in [0.5, 0.6) is 0 Å². The molecule has 1 aliphatic rings. The molecular formula is C12H25NO. The fourth-order valence-electron chi connectivity index (χ4n) is 2.23. The molecule has 0 radical (unpaired) electrons. The van der Waals surface area contributed by atoms with Crippen LogP contribution in [0.25, 0.3) is 0 Å². The van der Waals surface area contributed by atoms with Crippen molar-refractivity contribution in [1.29, 1.82) is 0 Å². The van der Waals surface area contributed by atoms with Crippen LogP contribution in [0.1, 0.15) is 46.0 Å². The molecule has 0 bridgehead atoms. The molecule has 0 amide bonds. The number of hydrogen-bond donors (Lipinski definition) is 0. The van der Waals surface area contributed by atoms with E-state index in [0.717, 1.165) is 32.3 Å². The Bertz CT molecular complexity index is 132. The molecule has 1 heterocycles. The van der Waals surface area contributed by atoms with Gasteiger partial charge in [0.15, 0.2) is 0 Å². The monoisotopic (exact) mass is 199 g/mol. The lowest BCUT2D eigenvalue weighted by Crippen LogP contribution is -2.43. The summed E-state index contributed by atoms with van der Waals surface area (Å²) in [6.07, 6.45) is 6.75. The van der Waals surface area contributed by atoms with E-state index in [0.29, 0.717) is 0 Å². The van der Waals surface area contributed by atoms with Gasteiger partial charge in [0.1, 0.15) is 0 Å². The van der Waals surface area contributed by atoms with Crippen molar-refractivity contribution in [2.24, 2.45) is 0 Å². The lowest BCUT2D eigenvalue weighted by atomic mass is 10.0. The highest BCUT2D eigenvalue weighted by Gasteiger charge is 2.19. The van der Waals surface area contributed by atoms with Gasteiger partial charge < -0.3 is 4.74 Å². The molecule has 0 saturated carbocycles. The van der Waals surface area contributed by atoms with Gasteiger partial charge >= 0.3 is 0 Å². The average molecular weight is 199 g/mol. The molecule has 1 fully saturated rings. The van der Waals surface area contributed by atoms with E-state index in [1.807, 2.05) is 0 Å². The van der Waals surface area contributed by atoms with Crippen LogP contribution in [0.4, 0.5) is 0 Å². The second kappa shape index (κ2) is 7.24. The van der Waals surface area contributed by atoms with Crippen LogP contribution in [0.15, 0.2) is 0 Å². The first kappa shape index (κ1) is 12.0. The molecule has 0 aromatic carbocycles. The predicted molar refractivity (Wildman–Crippen MR) is 60.6 cm³/mol. The number of morpholine rings is 1. The predicted octanol–water partition coefficient (Wildman–Crippen LogP) is 2.68. The van der Waals surface area contributed by atoms with Gasteiger partial charge in [-0.25, -0.2) is 0 Å². The molecule has 84 valence electrons. The van der Waals surface area contributed by atoms with Crippen molar-refractivity contribution in [2.45, 2.75) is 52.0 Å². The number of hydrogen-bond acceptors (Lipinski definition) is 2. The zero-order valence-electron chi connectivity index (χ0n) is 9.80. The first-order valence-corrected chi connectivity index (χ1v) is 6.20. The Labute approximate surface area is 88.6 Å². The zero-order valence-corrected chi connectivity index (χ0v) is 9.80. The summed E-state index contributed by atoms with van der Waals surface area (Å²) in [5.74, 6) is 0. The third-order valence-electron chi connectivity index (χ3n) is 3.07. The molecule has 14 heavy (non-hydrogen) atoms. The summed E-state index contributed by atoms with van der Waals surface area (Å²) in [5.41, 5.74) is 0. The van der Waals surface area contributed by atoms with E-state index in [-0.39, 0.29) is 0 Å². The number of ether oxygens (including phenoxy) is 1. The van der Waals surface area contributed by atoms with Crippen LogP contribution >= 0.6 is 0 Å². The molecule has 1 rings (SSSR count). The Morgan fingerprint density at radius 2 is 1.79 bits per heavy atom. The first-order valence-electron chi connectivity index (χ1n) is 6.20. The molecule has 1 atom stereocenters. The van der Waals surface area contributed by atoms with Gasteiger partial charge in [-0.15, -0.1) is 0 Å². The van der Waals surface area contributed by atoms with Crippen LogP contribution in [0.3, 0.4) is 0 Å². The summed E-state index contributed by atoms with van der Waals surface area (Å²) in [7, 11) is 0. The summed E-state index contributed by atoms with van der Waals surface area (Å²) in [4.78, 5) is 2.63. The second-order valence-corrected chi connectivity index (χ2v) is 4.23. The summed E-state index contributed by atoms with van der Waals surface area (Å²) in [6.45, 7) is 8.74. The van der Waals surface area contributed by atoms with Crippen molar-refractivity contribution in [1.82, 2.24) is 4.90 Å². The molecule has 1 unspecified atom stereocenters. The molecule has 0 aliphatic carbocycles. The van der Waals surface area contributed by atoms with E-state index in [4.69, 9.17) is 4.74 Å². The maximum atomic E-state index is 5.39. The summed E-state index contributed by atoms with van der Waals surface area (Å²) in [5, 5.41) is 0. The van der Waals surface area contributed by atoms with Crippen molar-refractivity contribution < 1.29 is 4.74 Å². The minimum absolute atomic E-state index is 0.823. The maximum Gasteiger partial charge on any atom is 0.0594 e. The van der Waals surface area contributed by atoms with Gasteiger partial charge in [0, 0.05) is 19.1 Å². The fraction of sp³-hybridized carbons (Fsp3) is 1.00. The largest absolute Gasteiger partial charge is 0.379 e. The summed E-state index contributed by atoms with van der Waals surface area (Å²) in [6, 6.07) is 0.823. The van der Waals surface area contributed by atoms with Crippen molar-refractivity contribution in [3.05, 3.63) is 0 Å². The van der Waals surface area contributed by atoms with E-state index in [2.05, 4.69) is 18.7 Å². The van der Waals surface area contributed by atoms with E-state index in [1.165, 1.54) is 32.1 Å². The van der Waals surface area contributed by atoms with Crippen LogP contribution in [0.2, 0.25) is 0 Å². The Balaban J connectivity index is 2.30. The second-order valence-electron chi connectivity index (χ2n) is 4.23. The van der Waals surface area contributed by atoms with Crippen LogP contribution in [-0.2, 0) is 4.74 Å². The SMILES string of the molecule is CCCCC(CCC)N1CCOCC1. The Hall–Kier alpha value is -0.0800. The Morgan fingerprint density at radius 1 is 1.07 bits per heavy atom. The Morgan fingerprint density at radius 3 is 2.36 bits per heavy atom. The highest BCUT2D eigenvalue weighted by Crippen LogP contribution is 2.15. The fourth-order valence-corrected chi connectivity index (χ4v) is 2.23. The molecule has 0 aromatic heterocycles. The lowest BCUT2D eigenvalue weighted by molar-refractivity contribution is 0.0123. The standard InChI is InChI=1S/C12H25NO/c1-3-5-7-12(6-4-2)13-8-10-14-11-9-13/h12H,3-11H2,1-2H3. The molecule has 1 aliphatic heterocycles. The average Bonchev–Trinajstić information content (AvgIpc) is 2.25. The number of nitrogens with zero attached hydrogens (tertiary/aromatic N) is 1. The van der Waals surface area contributed by atoms with Gasteiger partial charge in [-0.05, 0) is 12.8 Å². The van der Waals surface area contributed by atoms with E-state index >= 15 is 0 Å². The minimum Gasteiger partial charge on any atom is -0.379 e. The smallest absolute Gasteiger partial charge is 0.0594 e. The summed E-state index contributed by atoms with van der Waals surface area (Å²) < 4.78 is 5.39. The molecular weight excluding hydrogens is 174 g/mol. The minimum atomic E-state index is 0.823. The van der Waals surface area contributed by atoms with E-state index in [9.17, 15) is 0 Å². The van der Waals surface area contributed by atoms with E-state index in [1.54, 1.807) is 0 Å². The molecule has 0 aromatic rings. The normalized spacial score (nSPS) is 21.0. The first-order chi connectivity index (χ1) is 6.88. The lowest BCUT2D eigenvalue weighted by Gasteiger charge is -2.34. The van der Waals surface area contributed by atoms with Gasteiger partial charge in [0.05, 0.1) is 13.2 Å². The zero-order chi connectivity index (χ0) is 10.2. The molecule has 2 heteroatoms. The number of rotatable bonds is 6. The number of unbranched alkanes of at least 4 members (excludes halogenated alkanes) is 1. The van der Waals surface area contributed by atoms with Crippen LogP contribution in [-0.4, -0.2) is 37.2 Å². The molecule has 0 spiro atoms. The summed E-state index contributed by atoms with van der Waals surface area (Å²) >= 11 is 0. The third-order valence-corrected chi connectivity index (χ3v) is 3.07. The van der Waals surface area contributed by atoms with Crippen molar-refractivity contribution in [2.75, 3.05) is 26.3 Å². The van der Waals surface area contributed by atoms with Gasteiger partial charge in [-0.3, -0.25) is 4.90 Å². The topological polar surface area (TPSA) is 12.5 Å². The van der Waals surface area contributed by atoms with Crippen LogP contribution in [0, 0.1) is 0 Å². The highest BCUT2D eigenvalue weighted by molar-refractivity contribution is 4.73. The van der Waals surface area contributed by atoms with Crippen molar-refractivity contribution in [3.63, 3.8) is 0 Å². The van der Waals surface area contributed by atoms with Crippen LogP contribution < -0.4 is 0 Å². The third kappa shape index (κ3) is 3.97. The van der Waals surface area contributed by atoms with Crippen molar-refractivity contribution in [3.8, 4) is 0 Å². The highest BCUT2D eigenvalue weighted by atomic mass is 16.5. The quantitative estimate of drug-likeness (QED) is 0.652. The van der Waals surface area contributed by atoms with Crippen molar-refractivity contribution >= 4 is 0 Å². The van der Waals surface area contributed by atoms with E-state index < -0.39 is 0 Å². The molecule has 0 N–H and O–H groups in total. The van der Waals surface area contributed by atoms with Gasteiger partial charge in [0.25, 0.3) is 0 Å². The van der Waals surface area contributed by atoms with Gasteiger partial charge in [-0.2, -0.15) is 0 Å².